The fourth-order valence-electron chi connectivity index (χ4n) is 2.67. The quantitative estimate of drug-likeness (QED) is 0.492. The van der Waals surface area contributed by atoms with E-state index in [1.165, 1.54) is 12.1 Å². The maximum absolute atomic E-state index is 12.2. The smallest absolute Gasteiger partial charge is 0.289 e. The van der Waals surface area contributed by atoms with Crippen LogP contribution in [0.3, 0.4) is 0 Å². The van der Waals surface area contributed by atoms with Crippen molar-refractivity contribution in [2.24, 2.45) is 5.73 Å². The number of amides is 1. The molecule has 0 radical (unpaired) electrons. The number of hydrogen-bond acceptors (Lipinski definition) is 6. The van der Waals surface area contributed by atoms with Crippen molar-refractivity contribution in [1.29, 1.82) is 0 Å². The zero-order valence-electron chi connectivity index (χ0n) is 13.0. The molecular weight excluding hydrogens is 336 g/mol. The Kier molecular flexibility index (Phi) is 5.86. The molecule has 1 amide bonds. The molecule has 10 heteroatoms. The third-order valence-corrected chi connectivity index (χ3v) is 5.39. The number of para-hydroxylation sites is 1. The van der Waals surface area contributed by atoms with Crippen molar-refractivity contribution in [3.63, 3.8) is 0 Å². The van der Waals surface area contributed by atoms with Crippen LogP contribution in [-0.4, -0.2) is 37.9 Å². The molecule has 0 saturated heterocycles. The molecule has 4 N–H and O–H groups in total. The number of carbonyl (C=O) groups is 1. The summed E-state index contributed by atoms with van der Waals surface area (Å²) >= 11 is 0. The maximum atomic E-state index is 12.2. The van der Waals surface area contributed by atoms with Crippen LogP contribution < -0.4 is 15.8 Å². The Hall–Kier alpha value is -2.04. The minimum absolute atomic E-state index is 0.144. The molecule has 0 heterocycles. The molecule has 1 saturated carbocycles. The molecular formula is C14H20N4O5S. The van der Waals surface area contributed by atoms with Gasteiger partial charge in [-0.2, -0.15) is 0 Å². The van der Waals surface area contributed by atoms with Gasteiger partial charge in [0.05, 0.1) is 11.5 Å². The van der Waals surface area contributed by atoms with Gasteiger partial charge in [-0.3, -0.25) is 14.9 Å². The standard InChI is InChI=1S/C14H20N4O5S/c15-10-5-1-2-6-11(10)17-14(19)9-16-24(22,23)13-8-4-3-7-12(13)18(20)21/h3-4,7-8,10-11,16H,1-2,5-6,9,15H2,(H,17,19)/t10-,11-/m0/s1. The van der Waals surface area contributed by atoms with Crippen LogP contribution in [0, 0.1) is 10.1 Å². The minimum Gasteiger partial charge on any atom is -0.351 e. The van der Waals surface area contributed by atoms with Crippen LogP contribution in [-0.2, 0) is 14.8 Å². The lowest BCUT2D eigenvalue weighted by molar-refractivity contribution is -0.387. The van der Waals surface area contributed by atoms with E-state index < -0.39 is 38.0 Å². The second-order valence-corrected chi connectivity index (χ2v) is 7.41. The Bertz CT molecular complexity index is 722. The van der Waals surface area contributed by atoms with E-state index in [9.17, 15) is 23.3 Å². The molecule has 1 aromatic carbocycles. The molecule has 9 nitrogen and oxygen atoms in total. The summed E-state index contributed by atoms with van der Waals surface area (Å²) in [5.74, 6) is -0.514. The Labute approximate surface area is 139 Å². The molecule has 1 aromatic rings. The summed E-state index contributed by atoms with van der Waals surface area (Å²) < 4.78 is 26.5. The second kappa shape index (κ2) is 7.69. The molecule has 1 fully saturated rings. The number of nitrogens with two attached hydrogens (primary N) is 1. The highest BCUT2D eigenvalue weighted by molar-refractivity contribution is 7.89. The number of rotatable bonds is 6. The lowest BCUT2D eigenvalue weighted by Gasteiger charge is -2.29. The van der Waals surface area contributed by atoms with Crippen molar-refractivity contribution >= 4 is 21.6 Å². The Balaban J connectivity index is 2.00. The lowest BCUT2D eigenvalue weighted by atomic mass is 9.91. The molecule has 2 rings (SSSR count). The fourth-order valence-corrected chi connectivity index (χ4v) is 3.82. The number of sulfonamides is 1. The number of nitro groups is 1. The van der Waals surface area contributed by atoms with E-state index >= 15 is 0 Å². The van der Waals surface area contributed by atoms with E-state index in [2.05, 4.69) is 10.0 Å². The second-order valence-electron chi connectivity index (χ2n) is 5.67. The Morgan fingerprint density at radius 3 is 2.62 bits per heavy atom. The largest absolute Gasteiger partial charge is 0.351 e. The zero-order chi connectivity index (χ0) is 17.7. The van der Waals surface area contributed by atoms with Crippen LogP contribution >= 0.6 is 0 Å². The van der Waals surface area contributed by atoms with Gasteiger partial charge in [-0.05, 0) is 18.9 Å². The number of carbonyl (C=O) groups excluding carboxylic acids is 1. The van der Waals surface area contributed by atoms with Crippen molar-refractivity contribution in [3.8, 4) is 0 Å². The van der Waals surface area contributed by atoms with E-state index in [1.54, 1.807) is 0 Å². The fraction of sp³-hybridized carbons (Fsp3) is 0.500. The van der Waals surface area contributed by atoms with E-state index in [0.29, 0.717) is 0 Å². The number of hydrogen-bond donors (Lipinski definition) is 3. The molecule has 132 valence electrons. The Morgan fingerprint density at radius 2 is 1.96 bits per heavy atom. The maximum Gasteiger partial charge on any atom is 0.289 e. The highest BCUT2D eigenvalue weighted by atomic mass is 32.2. The monoisotopic (exact) mass is 356 g/mol. The van der Waals surface area contributed by atoms with Crippen molar-refractivity contribution < 1.29 is 18.1 Å². The number of nitro benzene ring substituents is 1. The van der Waals surface area contributed by atoms with E-state index in [0.717, 1.165) is 37.8 Å². The van der Waals surface area contributed by atoms with Crippen LogP contribution in [0.4, 0.5) is 5.69 Å². The molecule has 0 bridgehead atoms. The van der Waals surface area contributed by atoms with Gasteiger partial charge in [0.15, 0.2) is 4.90 Å². The average Bonchev–Trinajstić information content (AvgIpc) is 2.55. The van der Waals surface area contributed by atoms with Gasteiger partial charge in [0.2, 0.25) is 15.9 Å². The van der Waals surface area contributed by atoms with Crippen molar-refractivity contribution in [1.82, 2.24) is 10.0 Å². The van der Waals surface area contributed by atoms with Crippen molar-refractivity contribution in [3.05, 3.63) is 34.4 Å². The SMILES string of the molecule is N[C@H]1CCCC[C@@H]1NC(=O)CNS(=O)(=O)c1ccccc1[N+](=O)[O-]. The molecule has 1 aliphatic rings. The highest BCUT2D eigenvalue weighted by Crippen LogP contribution is 2.22. The van der Waals surface area contributed by atoms with Gasteiger partial charge in [0, 0.05) is 18.2 Å². The first-order chi connectivity index (χ1) is 11.3. The van der Waals surface area contributed by atoms with E-state index in [4.69, 9.17) is 5.73 Å². The molecule has 2 atom stereocenters. The summed E-state index contributed by atoms with van der Waals surface area (Å²) in [7, 11) is -4.17. The van der Waals surface area contributed by atoms with Gasteiger partial charge < -0.3 is 11.1 Å². The van der Waals surface area contributed by atoms with Gasteiger partial charge >= 0.3 is 0 Å². The molecule has 1 aliphatic carbocycles. The summed E-state index contributed by atoms with van der Waals surface area (Å²) in [5.41, 5.74) is 5.38. The normalized spacial score (nSPS) is 21.2. The average molecular weight is 356 g/mol. The Morgan fingerprint density at radius 1 is 1.29 bits per heavy atom. The predicted molar refractivity (Wildman–Crippen MR) is 86.7 cm³/mol. The number of nitrogens with zero attached hydrogens (tertiary/aromatic N) is 1. The lowest BCUT2D eigenvalue weighted by Crippen LogP contribution is -2.51. The first-order valence-corrected chi connectivity index (χ1v) is 9.07. The van der Waals surface area contributed by atoms with E-state index in [-0.39, 0.29) is 12.1 Å². The van der Waals surface area contributed by atoms with Gasteiger partial charge in [0.25, 0.3) is 5.69 Å². The topological polar surface area (TPSA) is 144 Å². The zero-order valence-corrected chi connectivity index (χ0v) is 13.8. The summed E-state index contributed by atoms with van der Waals surface area (Å²) in [4.78, 5) is 21.6. The van der Waals surface area contributed by atoms with E-state index in [1.807, 2.05) is 0 Å². The van der Waals surface area contributed by atoms with Crippen LogP contribution in [0.1, 0.15) is 25.7 Å². The number of nitrogens with one attached hydrogen (secondary N) is 2. The molecule has 0 aliphatic heterocycles. The molecule has 0 spiro atoms. The van der Waals surface area contributed by atoms with Crippen LogP contribution in [0.25, 0.3) is 0 Å². The van der Waals surface area contributed by atoms with Gasteiger partial charge in [0.1, 0.15) is 0 Å². The van der Waals surface area contributed by atoms with Crippen LogP contribution in [0.2, 0.25) is 0 Å². The summed E-state index contributed by atoms with van der Waals surface area (Å²) in [6.07, 6.45) is 3.54. The number of benzene rings is 1. The van der Waals surface area contributed by atoms with Crippen LogP contribution in [0.15, 0.2) is 29.2 Å². The third kappa shape index (κ3) is 4.49. The molecule has 24 heavy (non-hydrogen) atoms. The van der Waals surface area contributed by atoms with Gasteiger partial charge in [-0.25, -0.2) is 13.1 Å². The summed E-state index contributed by atoms with van der Waals surface area (Å²) in [6, 6.07) is 4.64. The predicted octanol–water partition coefficient (Wildman–Crippen LogP) is 0.259. The van der Waals surface area contributed by atoms with Gasteiger partial charge in [-0.1, -0.05) is 25.0 Å². The minimum atomic E-state index is -4.17. The molecule has 0 unspecified atom stereocenters. The molecule has 0 aromatic heterocycles. The van der Waals surface area contributed by atoms with Crippen molar-refractivity contribution in [2.45, 2.75) is 42.7 Å². The first-order valence-electron chi connectivity index (χ1n) is 7.59. The first kappa shape index (κ1) is 18.3. The van der Waals surface area contributed by atoms with Gasteiger partial charge in [-0.15, -0.1) is 0 Å². The van der Waals surface area contributed by atoms with Crippen LogP contribution in [0.5, 0.6) is 0 Å². The summed E-state index contributed by atoms with van der Waals surface area (Å²) in [6.45, 7) is -0.502. The summed E-state index contributed by atoms with van der Waals surface area (Å²) in [5, 5.41) is 13.6. The van der Waals surface area contributed by atoms with Crippen molar-refractivity contribution in [2.75, 3.05) is 6.54 Å². The third-order valence-electron chi connectivity index (χ3n) is 3.94. The highest BCUT2D eigenvalue weighted by Gasteiger charge is 2.27.